The first-order chi connectivity index (χ1) is 13.3. The van der Waals surface area contributed by atoms with E-state index in [4.69, 9.17) is 4.42 Å². The van der Waals surface area contributed by atoms with Gasteiger partial charge in [-0.05, 0) is 97.6 Å². The van der Waals surface area contributed by atoms with Crippen LogP contribution in [0.25, 0.3) is 33.4 Å². The van der Waals surface area contributed by atoms with Gasteiger partial charge >= 0.3 is 5.97 Å². The molecule has 0 saturated heterocycles. The van der Waals surface area contributed by atoms with Gasteiger partial charge in [0.25, 0.3) is 0 Å². The van der Waals surface area contributed by atoms with Crippen LogP contribution in [0, 0.1) is 10.7 Å². The minimum absolute atomic E-state index is 0.0857. The molecule has 0 fully saturated rings. The number of aromatic hydroxyl groups is 1. The summed E-state index contributed by atoms with van der Waals surface area (Å²) in [6.07, 6.45) is 0. The summed E-state index contributed by atoms with van der Waals surface area (Å²) in [4.78, 5) is 24.0. The second kappa shape index (κ2) is 7.44. The Balaban J connectivity index is 2.31. The fraction of sp³-hybridized carbons (Fsp3) is 0. The molecule has 4 rings (SSSR count). The van der Waals surface area contributed by atoms with E-state index in [1.54, 1.807) is 36.4 Å². The molecule has 2 aromatic rings. The van der Waals surface area contributed by atoms with E-state index < -0.39 is 5.97 Å². The van der Waals surface area contributed by atoms with E-state index in [0.29, 0.717) is 44.1 Å². The Kier molecular flexibility index (Phi) is 5.29. The molecule has 0 amide bonds. The van der Waals surface area contributed by atoms with Gasteiger partial charge in [0.2, 0.25) is 0 Å². The van der Waals surface area contributed by atoms with Crippen molar-refractivity contribution in [3.05, 3.63) is 69.0 Å². The average molecular weight is 710 g/mol. The van der Waals surface area contributed by atoms with Gasteiger partial charge in [0.15, 0.2) is 16.8 Å². The molecule has 1 heterocycles. The molecule has 0 unspecified atom stereocenters. The smallest absolute Gasteiger partial charge is 0.336 e. The maximum atomic E-state index is 12.2. The van der Waals surface area contributed by atoms with E-state index in [1.165, 1.54) is 6.07 Å². The van der Waals surface area contributed by atoms with E-state index in [-0.39, 0.29) is 16.7 Å². The number of rotatable bonds is 2. The quantitative estimate of drug-likeness (QED) is 0.204. The van der Waals surface area contributed by atoms with Gasteiger partial charge in [-0.2, -0.15) is 0 Å². The van der Waals surface area contributed by atoms with Crippen molar-refractivity contribution in [1.29, 1.82) is 0 Å². The second-order valence-corrected chi connectivity index (χ2v) is 9.30. The highest BCUT2D eigenvalue weighted by molar-refractivity contribution is 14.1. The molecule has 28 heavy (non-hydrogen) atoms. The molecule has 0 spiro atoms. The number of hydrogen-bond donors (Lipinski definition) is 2. The van der Waals surface area contributed by atoms with Crippen molar-refractivity contribution in [2.75, 3.05) is 0 Å². The van der Waals surface area contributed by atoms with Gasteiger partial charge in [-0.25, -0.2) is 4.79 Å². The van der Waals surface area contributed by atoms with Crippen LogP contribution in [0.4, 0.5) is 0 Å². The maximum Gasteiger partial charge on any atom is 0.336 e. The van der Waals surface area contributed by atoms with Crippen molar-refractivity contribution in [2.24, 2.45) is 0 Å². The molecule has 0 bridgehead atoms. The lowest BCUT2D eigenvalue weighted by Gasteiger charge is -2.18. The molecule has 0 atom stereocenters. The molecule has 1 aliphatic heterocycles. The van der Waals surface area contributed by atoms with Gasteiger partial charge in [-0.15, -0.1) is 0 Å². The normalized spacial score (nSPS) is 11.2. The van der Waals surface area contributed by atoms with E-state index in [9.17, 15) is 19.8 Å². The number of hydrogen-bond acceptors (Lipinski definition) is 4. The Morgan fingerprint density at radius 3 is 2.39 bits per heavy atom. The van der Waals surface area contributed by atoms with Crippen LogP contribution in [0.1, 0.15) is 10.4 Å². The van der Waals surface area contributed by atoms with Gasteiger partial charge in [-0.3, -0.25) is 4.79 Å². The van der Waals surface area contributed by atoms with Crippen molar-refractivity contribution >= 4 is 84.7 Å². The highest BCUT2D eigenvalue weighted by Crippen LogP contribution is 2.45. The first kappa shape index (κ1) is 19.9. The highest BCUT2D eigenvalue weighted by Gasteiger charge is 2.25. The molecule has 8 heteroatoms. The van der Waals surface area contributed by atoms with Crippen LogP contribution < -0.4 is 5.43 Å². The number of carboxylic acids is 1. The third kappa shape index (κ3) is 3.09. The maximum absolute atomic E-state index is 12.2. The zero-order valence-electron chi connectivity index (χ0n) is 13.8. The molecule has 0 radical (unpaired) electrons. The number of aromatic carboxylic acids is 1. The third-order valence-electron chi connectivity index (χ3n) is 4.38. The minimum atomic E-state index is -1.05. The third-order valence-corrected chi connectivity index (χ3v) is 7.23. The summed E-state index contributed by atoms with van der Waals surface area (Å²) in [6.45, 7) is 0. The van der Waals surface area contributed by atoms with Crippen molar-refractivity contribution < 1.29 is 19.4 Å². The predicted octanol–water partition coefficient (Wildman–Crippen LogP) is 5.78. The van der Waals surface area contributed by atoms with Crippen LogP contribution in [0.2, 0.25) is 0 Å². The molecule has 5 nitrogen and oxygen atoms in total. The lowest BCUT2D eigenvalue weighted by molar-refractivity contribution is 0.0697. The number of fused-ring (bicyclic) bond motifs is 2. The zero-order valence-corrected chi connectivity index (χ0v) is 20.3. The fourth-order valence-electron chi connectivity index (χ4n) is 3.14. The summed E-state index contributed by atoms with van der Waals surface area (Å²) in [7, 11) is 0. The second-order valence-electron chi connectivity index (χ2n) is 5.98. The zero-order chi connectivity index (χ0) is 20.2. The summed E-state index contributed by atoms with van der Waals surface area (Å²) in [5.41, 5.74) is 2.19. The van der Waals surface area contributed by atoms with Crippen LogP contribution in [-0.4, -0.2) is 16.2 Å². The molecule has 0 saturated carbocycles. The first-order valence-electron chi connectivity index (χ1n) is 7.90. The Bertz CT molecular complexity index is 1310. The SMILES string of the molecule is O=C(O)c1ccccc1-c1c2ccc(=O)c(I)c-2oc2c(I)c(O)c(I)cc12. The molecular weight excluding hydrogens is 701 g/mol. The fourth-order valence-corrected chi connectivity index (χ4v) is 5.51. The van der Waals surface area contributed by atoms with E-state index in [1.807, 2.05) is 67.8 Å². The van der Waals surface area contributed by atoms with Crippen molar-refractivity contribution in [3.8, 4) is 28.2 Å². The topological polar surface area (TPSA) is 87.7 Å². The lowest BCUT2D eigenvalue weighted by Crippen LogP contribution is -2.08. The van der Waals surface area contributed by atoms with Gasteiger partial charge in [0.05, 0.1) is 12.7 Å². The van der Waals surface area contributed by atoms with Crippen LogP contribution in [0.5, 0.6) is 5.75 Å². The Hall–Kier alpha value is -1.41. The van der Waals surface area contributed by atoms with Crippen LogP contribution in [-0.2, 0) is 0 Å². The summed E-state index contributed by atoms with van der Waals surface area (Å²) in [5.74, 6) is -0.590. The van der Waals surface area contributed by atoms with Crippen LogP contribution in [0.15, 0.2) is 51.7 Å². The number of phenols is 1. The number of phenolic OH excluding ortho intramolecular Hbond substituents is 1. The number of halogens is 3. The predicted molar refractivity (Wildman–Crippen MR) is 131 cm³/mol. The van der Waals surface area contributed by atoms with Gasteiger partial charge < -0.3 is 14.6 Å². The van der Waals surface area contributed by atoms with Crippen LogP contribution in [0.3, 0.4) is 0 Å². The van der Waals surface area contributed by atoms with Crippen molar-refractivity contribution in [2.45, 2.75) is 0 Å². The van der Waals surface area contributed by atoms with E-state index in [2.05, 4.69) is 0 Å². The molecule has 140 valence electrons. The standard InChI is InChI=1S/C20H9I3O5/c21-12-7-11-14(8-3-1-2-4-9(8)20(26)27)10-5-6-13(24)15(22)18(10)28-19(11)16(23)17(12)25/h1-7,25H,(H,26,27). The van der Waals surface area contributed by atoms with Crippen molar-refractivity contribution in [1.82, 2.24) is 0 Å². The summed E-state index contributed by atoms with van der Waals surface area (Å²) >= 11 is 5.95. The Labute approximate surface area is 199 Å². The number of benzene rings is 3. The largest absolute Gasteiger partial charge is 0.506 e. The molecule has 0 aromatic heterocycles. The summed E-state index contributed by atoms with van der Waals surface area (Å²) in [5, 5.41) is 20.7. The summed E-state index contributed by atoms with van der Waals surface area (Å²) < 4.78 is 7.58. The Morgan fingerprint density at radius 2 is 1.68 bits per heavy atom. The number of carboxylic acid groups (broad SMARTS) is 1. The number of carbonyl (C=O) groups is 1. The first-order valence-corrected chi connectivity index (χ1v) is 11.1. The van der Waals surface area contributed by atoms with Crippen LogP contribution >= 0.6 is 67.8 Å². The molecule has 2 aliphatic rings. The van der Waals surface area contributed by atoms with Gasteiger partial charge in [0, 0.05) is 16.5 Å². The van der Waals surface area contributed by atoms with Gasteiger partial charge in [0.1, 0.15) is 9.32 Å². The lowest BCUT2D eigenvalue weighted by atomic mass is 9.91. The highest BCUT2D eigenvalue weighted by atomic mass is 127. The monoisotopic (exact) mass is 710 g/mol. The average Bonchev–Trinajstić information content (AvgIpc) is 2.68. The minimum Gasteiger partial charge on any atom is -0.506 e. The van der Waals surface area contributed by atoms with Crippen molar-refractivity contribution in [3.63, 3.8) is 0 Å². The van der Waals surface area contributed by atoms with E-state index >= 15 is 0 Å². The van der Waals surface area contributed by atoms with Gasteiger partial charge in [-0.1, -0.05) is 18.2 Å². The molecule has 1 aliphatic carbocycles. The summed E-state index contributed by atoms with van der Waals surface area (Å²) in [6, 6.07) is 11.6. The Morgan fingerprint density at radius 1 is 0.964 bits per heavy atom. The molecule has 2 N–H and O–H groups in total. The van der Waals surface area contributed by atoms with E-state index in [0.717, 1.165) is 0 Å². The molecule has 2 aromatic carbocycles. The molecular formula is C20H9I3O5.